The van der Waals surface area contributed by atoms with Crippen molar-refractivity contribution in [1.29, 1.82) is 5.26 Å². The number of aromatic nitrogens is 2. The van der Waals surface area contributed by atoms with Gasteiger partial charge in [-0.3, -0.25) is 4.79 Å². The van der Waals surface area contributed by atoms with E-state index in [1.165, 1.54) is 0 Å². The summed E-state index contributed by atoms with van der Waals surface area (Å²) in [5, 5.41) is 10.7. The lowest BCUT2D eigenvalue weighted by molar-refractivity contribution is 0.292. The van der Waals surface area contributed by atoms with Crippen LogP contribution in [0.25, 0.3) is 22.0 Å². The van der Waals surface area contributed by atoms with Crippen LogP contribution in [0.4, 0.5) is 5.69 Å². The molecule has 1 aliphatic heterocycles. The summed E-state index contributed by atoms with van der Waals surface area (Å²) < 4.78 is 8.52. The molecular formula is C24H21BrN4O2. The molecule has 5 rings (SSSR count). The highest BCUT2D eigenvalue weighted by atomic mass is 79.9. The van der Waals surface area contributed by atoms with Gasteiger partial charge in [-0.15, -0.1) is 0 Å². The predicted octanol–water partition coefficient (Wildman–Crippen LogP) is 4.87. The van der Waals surface area contributed by atoms with Gasteiger partial charge in [-0.1, -0.05) is 35.0 Å². The molecule has 1 saturated heterocycles. The summed E-state index contributed by atoms with van der Waals surface area (Å²) in [5.74, 6) is 0.756. The van der Waals surface area contributed by atoms with Crippen molar-refractivity contribution in [2.45, 2.75) is 25.2 Å². The Kier molecular flexibility index (Phi) is 4.63. The molecule has 0 amide bonds. The lowest BCUT2D eigenvalue weighted by Gasteiger charge is -2.39. The van der Waals surface area contributed by atoms with Gasteiger partial charge in [0.2, 0.25) is 5.89 Å². The van der Waals surface area contributed by atoms with E-state index in [9.17, 15) is 10.1 Å². The monoisotopic (exact) mass is 476 g/mol. The number of pyridine rings is 1. The molecule has 4 aromatic rings. The molecule has 7 heteroatoms. The number of rotatable bonds is 2. The van der Waals surface area contributed by atoms with Gasteiger partial charge >= 0.3 is 0 Å². The molecular weight excluding hydrogens is 456 g/mol. The summed E-state index contributed by atoms with van der Waals surface area (Å²) in [7, 11) is 1.71. The summed E-state index contributed by atoms with van der Waals surface area (Å²) in [6, 6.07) is 15.8. The molecule has 156 valence electrons. The molecule has 0 spiro atoms. The summed E-state index contributed by atoms with van der Waals surface area (Å²) >= 11 is 3.49. The molecule has 0 aliphatic carbocycles. The Bertz CT molecular complexity index is 1390. The third-order valence-electron chi connectivity index (χ3n) is 6.44. The van der Waals surface area contributed by atoms with Gasteiger partial charge in [0.25, 0.3) is 5.56 Å². The number of hydrogen-bond acceptors (Lipinski definition) is 5. The van der Waals surface area contributed by atoms with Crippen molar-refractivity contribution in [3.8, 4) is 6.07 Å². The van der Waals surface area contributed by atoms with Crippen LogP contribution in [0.15, 0.2) is 56.1 Å². The minimum absolute atomic E-state index is 0.194. The van der Waals surface area contributed by atoms with Gasteiger partial charge in [-0.25, -0.2) is 4.98 Å². The van der Waals surface area contributed by atoms with E-state index in [-0.39, 0.29) is 16.5 Å². The van der Waals surface area contributed by atoms with Gasteiger partial charge in [0.15, 0.2) is 5.58 Å². The zero-order chi connectivity index (χ0) is 21.8. The van der Waals surface area contributed by atoms with Gasteiger partial charge in [0.1, 0.15) is 17.1 Å². The number of halogens is 1. The third-order valence-corrected chi connectivity index (χ3v) is 6.93. The van der Waals surface area contributed by atoms with E-state index in [0.29, 0.717) is 13.1 Å². The molecule has 1 aliphatic rings. The Hall–Kier alpha value is -3.11. The molecule has 0 atom stereocenters. The Morgan fingerprint density at radius 3 is 2.65 bits per heavy atom. The number of oxazole rings is 1. The standard InChI is InChI=1S/C24H21BrN4O2/c1-24(23-27-18-5-3-4-6-20(18)31-23)9-11-29(12-10-24)21-16-8-7-15(25)13-19(16)28(2)22(30)17(21)14-26/h3-8,13H,9-12H2,1-2H3. The highest BCUT2D eigenvalue weighted by Crippen LogP contribution is 2.39. The van der Waals surface area contributed by atoms with E-state index in [4.69, 9.17) is 9.40 Å². The van der Waals surface area contributed by atoms with Crippen LogP contribution in [0.1, 0.15) is 31.2 Å². The van der Waals surface area contributed by atoms with E-state index in [1.54, 1.807) is 11.6 Å². The van der Waals surface area contributed by atoms with Crippen molar-refractivity contribution >= 4 is 43.6 Å². The number of nitriles is 1. The summed E-state index contributed by atoms with van der Waals surface area (Å²) in [4.78, 5) is 19.8. The van der Waals surface area contributed by atoms with E-state index in [2.05, 4.69) is 33.8 Å². The fraction of sp³-hybridized carbons (Fsp3) is 0.292. The van der Waals surface area contributed by atoms with E-state index in [1.807, 2.05) is 42.5 Å². The average molecular weight is 477 g/mol. The maximum atomic E-state index is 12.9. The second-order valence-corrected chi connectivity index (χ2v) is 9.31. The van der Waals surface area contributed by atoms with Crippen molar-refractivity contribution in [2.75, 3.05) is 18.0 Å². The number of nitrogens with zero attached hydrogens (tertiary/aromatic N) is 4. The van der Waals surface area contributed by atoms with Crippen molar-refractivity contribution in [2.24, 2.45) is 7.05 Å². The second kappa shape index (κ2) is 7.24. The summed E-state index contributed by atoms with van der Waals surface area (Å²) in [5.41, 5.74) is 2.94. The topological polar surface area (TPSA) is 75.1 Å². The maximum absolute atomic E-state index is 12.9. The van der Waals surface area contributed by atoms with Crippen molar-refractivity contribution in [3.05, 3.63) is 68.7 Å². The molecule has 0 unspecified atom stereocenters. The molecule has 2 aromatic carbocycles. The van der Waals surface area contributed by atoms with Crippen molar-refractivity contribution < 1.29 is 4.42 Å². The van der Waals surface area contributed by atoms with Gasteiger partial charge in [-0.2, -0.15) is 5.26 Å². The quantitative estimate of drug-likeness (QED) is 0.412. The van der Waals surface area contributed by atoms with Crippen LogP contribution in [0.2, 0.25) is 0 Å². The highest BCUT2D eigenvalue weighted by Gasteiger charge is 2.37. The molecule has 3 heterocycles. The Morgan fingerprint density at radius 2 is 1.94 bits per heavy atom. The van der Waals surface area contributed by atoms with Gasteiger partial charge in [-0.05, 0) is 43.2 Å². The second-order valence-electron chi connectivity index (χ2n) is 8.40. The molecule has 2 aromatic heterocycles. The number of aryl methyl sites for hydroxylation is 1. The van der Waals surface area contributed by atoms with Crippen LogP contribution in [-0.4, -0.2) is 22.6 Å². The van der Waals surface area contributed by atoms with Crippen LogP contribution in [0.3, 0.4) is 0 Å². The van der Waals surface area contributed by atoms with Crippen LogP contribution in [0.5, 0.6) is 0 Å². The Labute approximate surface area is 187 Å². The molecule has 0 N–H and O–H groups in total. The summed E-state index contributed by atoms with van der Waals surface area (Å²) in [6.07, 6.45) is 1.63. The number of para-hydroxylation sites is 2. The number of benzene rings is 2. The molecule has 31 heavy (non-hydrogen) atoms. The molecule has 0 radical (unpaired) electrons. The predicted molar refractivity (Wildman–Crippen MR) is 124 cm³/mol. The van der Waals surface area contributed by atoms with E-state index < -0.39 is 0 Å². The zero-order valence-corrected chi connectivity index (χ0v) is 18.9. The van der Waals surface area contributed by atoms with Crippen LogP contribution < -0.4 is 10.5 Å². The molecule has 0 bridgehead atoms. The average Bonchev–Trinajstić information content (AvgIpc) is 3.22. The first-order chi connectivity index (χ1) is 14.9. The normalized spacial score (nSPS) is 16.0. The molecule has 0 saturated carbocycles. The molecule has 1 fully saturated rings. The largest absolute Gasteiger partial charge is 0.440 e. The number of fused-ring (bicyclic) bond motifs is 2. The first kappa shape index (κ1) is 19.8. The highest BCUT2D eigenvalue weighted by molar-refractivity contribution is 9.10. The van der Waals surface area contributed by atoms with Crippen LogP contribution in [0, 0.1) is 11.3 Å². The number of anilines is 1. The lowest BCUT2D eigenvalue weighted by Crippen LogP contribution is -2.42. The Balaban J connectivity index is 1.54. The fourth-order valence-electron chi connectivity index (χ4n) is 4.49. The Morgan fingerprint density at radius 1 is 1.19 bits per heavy atom. The molecule has 6 nitrogen and oxygen atoms in total. The van der Waals surface area contributed by atoms with Gasteiger partial charge in [0, 0.05) is 35.4 Å². The van der Waals surface area contributed by atoms with E-state index in [0.717, 1.165) is 50.9 Å². The van der Waals surface area contributed by atoms with Crippen molar-refractivity contribution in [1.82, 2.24) is 9.55 Å². The minimum Gasteiger partial charge on any atom is -0.440 e. The first-order valence-electron chi connectivity index (χ1n) is 10.2. The van der Waals surface area contributed by atoms with Gasteiger partial charge < -0.3 is 13.9 Å². The van der Waals surface area contributed by atoms with Crippen LogP contribution in [-0.2, 0) is 12.5 Å². The SMILES string of the molecule is Cn1c(=O)c(C#N)c(N2CCC(C)(c3nc4ccccc4o3)CC2)c2ccc(Br)cc21. The van der Waals surface area contributed by atoms with Crippen LogP contribution >= 0.6 is 15.9 Å². The maximum Gasteiger partial charge on any atom is 0.270 e. The van der Waals surface area contributed by atoms with Crippen molar-refractivity contribution in [3.63, 3.8) is 0 Å². The third kappa shape index (κ3) is 3.14. The number of hydrogen-bond donors (Lipinski definition) is 0. The fourth-order valence-corrected chi connectivity index (χ4v) is 4.84. The van der Waals surface area contributed by atoms with E-state index >= 15 is 0 Å². The smallest absolute Gasteiger partial charge is 0.270 e. The minimum atomic E-state index is -0.268. The first-order valence-corrected chi connectivity index (χ1v) is 11.0. The van der Waals surface area contributed by atoms with Gasteiger partial charge in [0.05, 0.1) is 11.2 Å². The zero-order valence-electron chi connectivity index (χ0n) is 17.4. The lowest BCUT2D eigenvalue weighted by atomic mass is 9.80. The number of piperidine rings is 1. The summed E-state index contributed by atoms with van der Waals surface area (Å²) in [6.45, 7) is 3.60.